The number of rotatable bonds is 3. The largest absolute Gasteiger partial charge is 0.467 e. The number of hydrazine groups is 1. The number of fused-ring (bicyclic) bond motifs is 1. The lowest BCUT2D eigenvalue weighted by molar-refractivity contribution is 0.0951. The number of carbonyl (C=O) groups is 1. The standard InChI is InChI=1S/C14H12BrN3O2/c15-10-1-2-12-9(7-10)3-5-18(12)8-13-11(4-6-20-13)14(19)17-16/h1-7H,8,16H2,(H,17,19). The van der Waals surface area contributed by atoms with Crippen molar-refractivity contribution in [3.63, 3.8) is 0 Å². The smallest absolute Gasteiger partial charge is 0.268 e. The van der Waals surface area contributed by atoms with Gasteiger partial charge in [0.15, 0.2) is 0 Å². The number of hydrogen-bond donors (Lipinski definition) is 2. The lowest BCUT2D eigenvalue weighted by Gasteiger charge is -2.05. The van der Waals surface area contributed by atoms with Crippen LogP contribution in [0.25, 0.3) is 10.9 Å². The van der Waals surface area contributed by atoms with Gasteiger partial charge in [0.2, 0.25) is 0 Å². The number of amides is 1. The van der Waals surface area contributed by atoms with Gasteiger partial charge < -0.3 is 8.98 Å². The third kappa shape index (κ3) is 2.23. The average molecular weight is 334 g/mol. The number of carbonyl (C=O) groups excluding carboxylic acids is 1. The van der Waals surface area contributed by atoms with Crippen LogP contribution >= 0.6 is 15.9 Å². The van der Waals surface area contributed by atoms with Crippen molar-refractivity contribution in [2.24, 2.45) is 5.84 Å². The third-order valence-electron chi connectivity index (χ3n) is 3.17. The lowest BCUT2D eigenvalue weighted by atomic mass is 10.2. The normalized spacial score (nSPS) is 10.9. The summed E-state index contributed by atoms with van der Waals surface area (Å²) < 4.78 is 8.44. The number of nitrogens with zero attached hydrogens (tertiary/aromatic N) is 1. The van der Waals surface area contributed by atoms with E-state index in [0.29, 0.717) is 17.9 Å². The highest BCUT2D eigenvalue weighted by Gasteiger charge is 2.14. The summed E-state index contributed by atoms with van der Waals surface area (Å²) in [5, 5.41) is 1.12. The van der Waals surface area contributed by atoms with Gasteiger partial charge in [0.05, 0.1) is 18.4 Å². The van der Waals surface area contributed by atoms with Crippen molar-refractivity contribution in [1.29, 1.82) is 0 Å². The Morgan fingerprint density at radius 2 is 2.20 bits per heavy atom. The molecule has 20 heavy (non-hydrogen) atoms. The summed E-state index contributed by atoms with van der Waals surface area (Å²) in [6, 6.07) is 9.67. The van der Waals surface area contributed by atoms with Gasteiger partial charge in [0, 0.05) is 21.6 Å². The Kier molecular flexibility index (Phi) is 3.33. The molecule has 0 spiro atoms. The van der Waals surface area contributed by atoms with Gasteiger partial charge in [-0.3, -0.25) is 10.2 Å². The Bertz CT molecular complexity index is 776. The summed E-state index contributed by atoms with van der Waals surface area (Å²) in [7, 11) is 0. The Labute approximate surface area is 123 Å². The number of furan rings is 1. The van der Waals surface area contributed by atoms with E-state index in [-0.39, 0.29) is 5.91 Å². The van der Waals surface area contributed by atoms with Crippen LogP contribution in [0.5, 0.6) is 0 Å². The molecule has 0 saturated carbocycles. The number of halogens is 1. The van der Waals surface area contributed by atoms with E-state index < -0.39 is 0 Å². The van der Waals surface area contributed by atoms with E-state index in [2.05, 4.69) is 21.4 Å². The molecular formula is C14H12BrN3O2. The molecule has 5 nitrogen and oxygen atoms in total. The summed E-state index contributed by atoms with van der Waals surface area (Å²) in [5.41, 5.74) is 3.64. The monoisotopic (exact) mass is 333 g/mol. The summed E-state index contributed by atoms with van der Waals surface area (Å²) in [4.78, 5) is 11.6. The molecule has 1 amide bonds. The maximum absolute atomic E-state index is 11.6. The first-order valence-corrected chi connectivity index (χ1v) is 6.80. The second kappa shape index (κ2) is 5.15. The molecule has 3 rings (SSSR count). The Balaban J connectivity index is 1.98. The number of hydrogen-bond acceptors (Lipinski definition) is 3. The second-order valence-corrected chi connectivity index (χ2v) is 5.29. The molecule has 0 unspecified atom stereocenters. The maximum Gasteiger partial charge on any atom is 0.268 e. The highest BCUT2D eigenvalue weighted by molar-refractivity contribution is 9.10. The predicted molar refractivity (Wildman–Crippen MR) is 79.1 cm³/mol. The highest BCUT2D eigenvalue weighted by Crippen LogP contribution is 2.22. The van der Waals surface area contributed by atoms with Crippen LogP contribution in [0.4, 0.5) is 0 Å². The van der Waals surface area contributed by atoms with Gasteiger partial charge in [-0.15, -0.1) is 0 Å². The van der Waals surface area contributed by atoms with Crippen molar-refractivity contribution in [3.05, 3.63) is 58.6 Å². The molecule has 102 valence electrons. The van der Waals surface area contributed by atoms with Gasteiger partial charge in [-0.25, -0.2) is 5.84 Å². The van der Waals surface area contributed by atoms with Crippen LogP contribution in [0.2, 0.25) is 0 Å². The predicted octanol–water partition coefficient (Wildman–Crippen LogP) is 2.65. The quantitative estimate of drug-likeness (QED) is 0.439. The molecule has 1 aromatic carbocycles. The van der Waals surface area contributed by atoms with Crippen molar-refractivity contribution in [1.82, 2.24) is 9.99 Å². The SMILES string of the molecule is NNC(=O)c1ccoc1Cn1ccc2cc(Br)ccc21. The van der Waals surface area contributed by atoms with Crippen LogP contribution in [0.15, 0.2) is 51.7 Å². The first kappa shape index (κ1) is 13.0. The van der Waals surface area contributed by atoms with E-state index in [0.717, 1.165) is 15.4 Å². The minimum Gasteiger partial charge on any atom is -0.467 e. The molecule has 0 atom stereocenters. The molecule has 0 bridgehead atoms. The van der Waals surface area contributed by atoms with E-state index in [9.17, 15) is 4.79 Å². The fourth-order valence-corrected chi connectivity index (χ4v) is 2.59. The fourth-order valence-electron chi connectivity index (χ4n) is 2.21. The van der Waals surface area contributed by atoms with Gasteiger partial charge in [-0.2, -0.15) is 0 Å². The van der Waals surface area contributed by atoms with Crippen molar-refractivity contribution >= 4 is 32.7 Å². The van der Waals surface area contributed by atoms with E-state index >= 15 is 0 Å². The molecule has 2 aromatic heterocycles. The van der Waals surface area contributed by atoms with Crippen LogP contribution in [0, 0.1) is 0 Å². The van der Waals surface area contributed by atoms with E-state index in [1.807, 2.05) is 35.0 Å². The molecule has 0 fully saturated rings. The van der Waals surface area contributed by atoms with Crippen molar-refractivity contribution in [2.45, 2.75) is 6.54 Å². The zero-order chi connectivity index (χ0) is 14.1. The summed E-state index contributed by atoms with van der Waals surface area (Å²) in [6.45, 7) is 0.473. The maximum atomic E-state index is 11.6. The summed E-state index contributed by atoms with van der Waals surface area (Å²) in [6.07, 6.45) is 3.45. The Hall–Kier alpha value is -2.05. The van der Waals surface area contributed by atoms with Crippen LogP contribution in [-0.2, 0) is 6.54 Å². The van der Waals surface area contributed by atoms with Crippen LogP contribution in [-0.4, -0.2) is 10.5 Å². The van der Waals surface area contributed by atoms with Crippen molar-refractivity contribution in [2.75, 3.05) is 0 Å². The summed E-state index contributed by atoms with van der Waals surface area (Å²) in [5.74, 6) is 5.38. The molecule has 0 aliphatic heterocycles. The average Bonchev–Trinajstić information content (AvgIpc) is 3.05. The molecule has 0 saturated heterocycles. The Morgan fingerprint density at radius 1 is 1.35 bits per heavy atom. The van der Waals surface area contributed by atoms with Gasteiger partial charge in [-0.05, 0) is 30.3 Å². The van der Waals surface area contributed by atoms with Gasteiger partial charge in [0.1, 0.15) is 5.76 Å². The van der Waals surface area contributed by atoms with E-state index in [4.69, 9.17) is 10.3 Å². The van der Waals surface area contributed by atoms with Crippen molar-refractivity contribution < 1.29 is 9.21 Å². The number of aromatic nitrogens is 1. The highest BCUT2D eigenvalue weighted by atomic mass is 79.9. The molecule has 3 aromatic rings. The van der Waals surface area contributed by atoms with Crippen molar-refractivity contribution in [3.8, 4) is 0 Å². The van der Waals surface area contributed by atoms with Crippen LogP contribution < -0.4 is 11.3 Å². The molecule has 0 aliphatic rings. The van der Waals surface area contributed by atoms with Crippen LogP contribution in [0.1, 0.15) is 16.1 Å². The minimum atomic E-state index is -0.354. The summed E-state index contributed by atoms with van der Waals surface area (Å²) >= 11 is 3.45. The second-order valence-electron chi connectivity index (χ2n) is 4.38. The zero-order valence-electron chi connectivity index (χ0n) is 10.5. The first-order chi connectivity index (χ1) is 9.69. The molecule has 0 aliphatic carbocycles. The van der Waals surface area contributed by atoms with E-state index in [1.165, 1.54) is 6.26 Å². The first-order valence-electron chi connectivity index (χ1n) is 6.01. The van der Waals surface area contributed by atoms with E-state index in [1.54, 1.807) is 6.07 Å². The topological polar surface area (TPSA) is 73.2 Å². The number of nitrogens with two attached hydrogens (primary N) is 1. The lowest BCUT2D eigenvalue weighted by Crippen LogP contribution is -2.30. The molecular weight excluding hydrogens is 322 g/mol. The number of nitrogens with one attached hydrogen (secondary N) is 1. The van der Waals surface area contributed by atoms with Gasteiger partial charge >= 0.3 is 0 Å². The molecule has 6 heteroatoms. The fraction of sp³-hybridized carbons (Fsp3) is 0.0714. The minimum absolute atomic E-state index is 0.354. The van der Waals surface area contributed by atoms with Gasteiger partial charge in [0.25, 0.3) is 5.91 Å². The molecule has 3 N–H and O–H groups in total. The molecule has 2 heterocycles. The van der Waals surface area contributed by atoms with Crippen LogP contribution in [0.3, 0.4) is 0 Å². The number of benzene rings is 1. The third-order valence-corrected chi connectivity index (χ3v) is 3.66. The Morgan fingerprint density at radius 3 is 3.00 bits per heavy atom. The van der Waals surface area contributed by atoms with Gasteiger partial charge in [-0.1, -0.05) is 15.9 Å². The zero-order valence-corrected chi connectivity index (χ0v) is 12.1. The molecule has 0 radical (unpaired) electrons. The number of nitrogen functional groups attached to an aromatic ring is 1.